The van der Waals surface area contributed by atoms with Gasteiger partial charge < -0.3 is 16.4 Å². The fraction of sp³-hybridized carbons (Fsp3) is 0.167. The number of hydrogen-bond acceptors (Lipinski definition) is 5. The molecule has 0 atom stereocenters. The quantitative estimate of drug-likeness (QED) is 0.791. The molecule has 0 saturated carbocycles. The number of aromatic nitrogens is 2. The molecule has 0 aliphatic carbocycles. The first-order chi connectivity index (χ1) is 8.67. The van der Waals surface area contributed by atoms with Crippen molar-refractivity contribution in [1.29, 1.82) is 0 Å². The van der Waals surface area contributed by atoms with E-state index >= 15 is 0 Å². The fourth-order valence-electron chi connectivity index (χ4n) is 1.48. The van der Waals surface area contributed by atoms with Crippen molar-refractivity contribution in [2.45, 2.75) is 6.92 Å². The van der Waals surface area contributed by atoms with Crippen molar-refractivity contribution in [3.63, 3.8) is 0 Å². The Morgan fingerprint density at radius 2 is 1.83 bits per heavy atom. The van der Waals surface area contributed by atoms with Crippen molar-refractivity contribution in [3.05, 3.63) is 35.4 Å². The van der Waals surface area contributed by atoms with Crippen molar-refractivity contribution in [2.75, 3.05) is 22.9 Å². The van der Waals surface area contributed by atoms with E-state index in [4.69, 9.17) is 17.3 Å². The van der Waals surface area contributed by atoms with Gasteiger partial charge in [-0.2, -0.15) is 9.97 Å². The number of benzene rings is 1. The highest BCUT2D eigenvalue weighted by Gasteiger charge is 2.02. The van der Waals surface area contributed by atoms with E-state index < -0.39 is 0 Å². The third-order valence-electron chi connectivity index (χ3n) is 2.22. The first kappa shape index (κ1) is 12.4. The highest BCUT2D eigenvalue weighted by atomic mass is 35.5. The molecule has 1 heterocycles. The Balaban J connectivity index is 2.20. The van der Waals surface area contributed by atoms with E-state index in [9.17, 15) is 0 Å². The summed E-state index contributed by atoms with van der Waals surface area (Å²) < 4.78 is 0. The zero-order chi connectivity index (χ0) is 13.0. The summed E-state index contributed by atoms with van der Waals surface area (Å²) >= 11 is 5.82. The SMILES string of the molecule is CCNc1cc(Nc2ccc(Cl)cc2)nc(N)n1. The Bertz CT molecular complexity index is 526. The minimum Gasteiger partial charge on any atom is -0.370 e. The van der Waals surface area contributed by atoms with Gasteiger partial charge in [0.25, 0.3) is 0 Å². The van der Waals surface area contributed by atoms with E-state index in [-0.39, 0.29) is 5.95 Å². The van der Waals surface area contributed by atoms with Crippen LogP contribution >= 0.6 is 11.6 Å². The van der Waals surface area contributed by atoms with Crippen LogP contribution < -0.4 is 16.4 Å². The second-order valence-electron chi connectivity index (χ2n) is 3.66. The van der Waals surface area contributed by atoms with Crippen molar-refractivity contribution >= 4 is 34.9 Å². The van der Waals surface area contributed by atoms with E-state index in [2.05, 4.69) is 20.6 Å². The molecule has 6 heteroatoms. The maximum absolute atomic E-state index is 5.82. The van der Waals surface area contributed by atoms with Crippen molar-refractivity contribution in [2.24, 2.45) is 0 Å². The van der Waals surface area contributed by atoms with Crippen molar-refractivity contribution < 1.29 is 0 Å². The lowest BCUT2D eigenvalue weighted by atomic mass is 10.3. The van der Waals surface area contributed by atoms with E-state index in [0.717, 1.165) is 12.2 Å². The summed E-state index contributed by atoms with van der Waals surface area (Å²) in [5, 5.41) is 6.92. The predicted molar refractivity (Wildman–Crippen MR) is 75.3 cm³/mol. The van der Waals surface area contributed by atoms with Crippen LogP contribution in [0.5, 0.6) is 0 Å². The van der Waals surface area contributed by atoms with Crippen LogP contribution in [0, 0.1) is 0 Å². The lowest BCUT2D eigenvalue weighted by Gasteiger charge is -2.09. The van der Waals surface area contributed by atoms with Crippen molar-refractivity contribution in [3.8, 4) is 0 Å². The summed E-state index contributed by atoms with van der Waals surface area (Å²) in [7, 11) is 0. The Morgan fingerprint density at radius 3 is 2.50 bits per heavy atom. The number of halogens is 1. The lowest BCUT2D eigenvalue weighted by molar-refractivity contribution is 1.12. The molecule has 0 aliphatic rings. The second-order valence-corrected chi connectivity index (χ2v) is 4.10. The molecule has 5 nitrogen and oxygen atoms in total. The maximum atomic E-state index is 5.82. The minimum absolute atomic E-state index is 0.227. The van der Waals surface area contributed by atoms with Crippen LogP contribution in [0.15, 0.2) is 30.3 Å². The Kier molecular flexibility index (Phi) is 3.84. The van der Waals surface area contributed by atoms with Crippen LogP contribution in [0.2, 0.25) is 5.02 Å². The molecule has 0 radical (unpaired) electrons. The number of nitrogens with one attached hydrogen (secondary N) is 2. The average Bonchev–Trinajstić information content (AvgIpc) is 2.32. The zero-order valence-electron chi connectivity index (χ0n) is 9.94. The first-order valence-electron chi connectivity index (χ1n) is 5.58. The summed E-state index contributed by atoms with van der Waals surface area (Å²) in [5.74, 6) is 1.56. The Hall–Kier alpha value is -2.01. The standard InChI is InChI=1S/C12H14ClN5/c1-2-15-10-7-11(18-12(14)17-10)16-9-5-3-8(13)4-6-9/h3-7H,2H2,1H3,(H4,14,15,16,17,18). The number of hydrogen-bond donors (Lipinski definition) is 3. The van der Waals surface area contributed by atoms with Gasteiger partial charge in [-0.05, 0) is 31.2 Å². The molecule has 0 saturated heterocycles. The summed E-state index contributed by atoms with van der Waals surface area (Å²) in [5.41, 5.74) is 6.53. The number of nitrogens with two attached hydrogens (primary N) is 1. The molecule has 1 aromatic carbocycles. The Morgan fingerprint density at radius 1 is 1.17 bits per heavy atom. The number of nitrogens with zero attached hydrogens (tertiary/aromatic N) is 2. The van der Waals surface area contributed by atoms with E-state index in [0.29, 0.717) is 16.7 Å². The molecule has 0 aliphatic heterocycles. The first-order valence-corrected chi connectivity index (χ1v) is 5.96. The maximum Gasteiger partial charge on any atom is 0.223 e. The molecule has 0 spiro atoms. The van der Waals surface area contributed by atoms with Crippen LogP contribution in [0.4, 0.5) is 23.3 Å². The molecule has 1 aromatic heterocycles. The highest BCUT2D eigenvalue weighted by molar-refractivity contribution is 6.30. The second kappa shape index (κ2) is 5.55. The largest absolute Gasteiger partial charge is 0.370 e. The lowest BCUT2D eigenvalue weighted by Crippen LogP contribution is -2.05. The molecule has 2 aromatic rings. The molecule has 2 rings (SSSR count). The molecule has 0 unspecified atom stereocenters. The third-order valence-corrected chi connectivity index (χ3v) is 2.47. The number of nitrogen functional groups attached to an aromatic ring is 1. The number of rotatable bonds is 4. The van der Waals surface area contributed by atoms with Gasteiger partial charge in [0.2, 0.25) is 5.95 Å². The molecular weight excluding hydrogens is 250 g/mol. The smallest absolute Gasteiger partial charge is 0.223 e. The summed E-state index contributed by atoms with van der Waals surface area (Å²) in [6.07, 6.45) is 0. The van der Waals surface area contributed by atoms with Gasteiger partial charge in [0.15, 0.2) is 0 Å². The summed E-state index contributed by atoms with van der Waals surface area (Å²) in [4.78, 5) is 8.19. The van der Waals surface area contributed by atoms with Gasteiger partial charge in [0.1, 0.15) is 11.6 Å². The van der Waals surface area contributed by atoms with E-state index in [1.165, 1.54) is 0 Å². The highest BCUT2D eigenvalue weighted by Crippen LogP contribution is 2.19. The van der Waals surface area contributed by atoms with Gasteiger partial charge in [-0.25, -0.2) is 0 Å². The van der Waals surface area contributed by atoms with E-state index in [1.54, 1.807) is 18.2 Å². The van der Waals surface area contributed by atoms with Crippen LogP contribution in [-0.2, 0) is 0 Å². The monoisotopic (exact) mass is 263 g/mol. The van der Waals surface area contributed by atoms with Gasteiger partial charge in [0, 0.05) is 23.3 Å². The van der Waals surface area contributed by atoms with Gasteiger partial charge >= 0.3 is 0 Å². The molecule has 18 heavy (non-hydrogen) atoms. The molecule has 0 bridgehead atoms. The molecule has 4 N–H and O–H groups in total. The summed E-state index contributed by atoms with van der Waals surface area (Å²) in [6, 6.07) is 9.15. The molecular formula is C12H14ClN5. The predicted octanol–water partition coefficient (Wildman–Crippen LogP) is 2.89. The average molecular weight is 264 g/mol. The van der Waals surface area contributed by atoms with E-state index in [1.807, 2.05) is 19.1 Å². The Labute approximate surface area is 110 Å². The van der Waals surface area contributed by atoms with Gasteiger partial charge in [0.05, 0.1) is 0 Å². The zero-order valence-corrected chi connectivity index (χ0v) is 10.7. The van der Waals surface area contributed by atoms with Crippen LogP contribution in [0.25, 0.3) is 0 Å². The van der Waals surface area contributed by atoms with Gasteiger partial charge in [-0.3, -0.25) is 0 Å². The topological polar surface area (TPSA) is 75.9 Å². The van der Waals surface area contributed by atoms with Gasteiger partial charge in [-0.1, -0.05) is 11.6 Å². The van der Waals surface area contributed by atoms with Crippen LogP contribution in [0.3, 0.4) is 0 Å². The van der Waals surface area contributed by atoms with Crippen LogP contribution in [0.1, 0.15) is 6.92 Å². The van der Waals surface area contributed by atoms with Gasteiger partial charge in [-0.15, -0.1) is 0 Å². The summed E-state index contributed by atoms with van der Waals surface area (Å²) in [6.45, 7) is 2.77. The molecule has 0 fully saturated rings. The molecule has 94 valence electrons. The van der Waals surface area contributed by atoms with Crippen LogP contribution in [-0.4, -0.2) is 16.5 Å². The third kappa shape index (κ3) is 3.24. The molecule has 0 amide bonds. The minimum atomic E-state index is 0.227. The van der Waals surface area contributed by atoms with Crippen molar-refractivity contribution in [1.82, 2.24) is 9.97 Å². The fourth-order valence-corrected chi connectivity index (χ4v) is 1.61. The normalized spacial score (nSPS) is 10.1. The number of anilines is 4.